The molecule has 1 unspecified atom stereocenters. The minimum absolute atomic E-state index is 0.215. The van der Waals surface area contributed by atoms with Gasteiger partial charge in [0.15, 0.2) is 0 Å². The van der Waals surface area contributed by atoms with Crippen LogP contribution in [-0.4, -0.2) is 21.7 Å². The second-order valence-corrected chi connectivity index (χ2v) is 6.58. The Balaban J connectivity index is 1.79. The summed E-state index contributed by atoms with van der Waals surface area (Å²) in [5.74, 6) is 0.957. The van der Waals surface area contributed by atoms with Gasteiger partial charge in [-0.1, -0.05) is 45.0 Å². The van der Waals surface area contributed by atoms with Gasteiger partial charge in [0, 0.05) is 12.5 Å². The summed E-state index contributed by atoms with van der Waals surface area (Å²) < 4.78 is 0. The van der Waals surface area contributed by atoms with E-state index in [1.54, 1.807) is 6.33 Å². The number of hydrogen-bond acceptors (Lipinski definition) is 3. The van der Waals surface area contributed by atoms with Crippen LogP contribution >= 0.6 is 0 Å². The molecule has 4 heteroatoms. The van der Waals surface area contributed by atoms with E-state index in [1.165, 1.54) is 11.1 Å². The minimum Gasteiger partial charge on any atom is -0.310 e. The van der Waals surface area contributed by atoms with E-state index in [9.17, 15) is 0 Å². The van der Waals surface area contributed by atoms with Crippen molar-refractivity contribution in [1.29, 1.82) is 0 Å². The zero-order valence-corrected chi connectivity index (χ0v) is 13.5. The zero-order valence-electron chi connectivity index (χ0n) is 13.5. The van der Waals surface area contributed by atoms with E-state index < -0.39 is 0 Å². The lowest BCUT2D eigenvalue weighted by Crippen LogP contribution is -2.20. The molecule has 0 saturated carbocycles. The molecule has 1 aromatic carbocycles. The minimum atomic E-state index is 0.215. The number of nitrogens with one attached hydrogen (secondary N) is 2. The van der Waals surface area contributed by atoms with Crippen molar-refractivity contribution in [2.24, 2.45) is 0 Å². The highest BCUT2D eigenvalue weighted by molar-refractivity contribution is 5.28. The van der Waals surface area contributed by atoms with Crippen molar-refractivity contribution in [3.63, 3.8) is 0 Å². The van der Waals surface area contributed by atoms with Crippen LogP contribution in [-0.2, 0) is 11.8 Å². The Labute approximate surface area is 127 Å². The molecular formula is C17H26N4. The van der Waals surface area contributed by atoms with Gasteiger partial charge in [0.1, 0.15) is 12.2 Å². The lowest BCUT2D eigenvalue weighted by atomic mass is 9.86. The first-order valence-corrected chi connectivity index (χ1v) is 7.65. The molecule has 0 bridgehead atoms. The molecule has 114 valence electrons. The molecule has 0 saturated heterocycles. The average molecular weight is 286 g/mol. The van der Waals surface area contributed by atoms with Crippen LogP contribution in [0.25, 0.3) is 0 Å². The summed E-state index contributed by atoms with van der Waals surface area (Å²) in [5.41, 5.74) is 2.93. The number of aromatic amines is 1. The molecule has 0 amide bonds. The standard InChI is InChI=1S/C17H26N4/c1-13(18-11-5-6-16-19-12-20-21-16)14-7-9-15(10-8-14)17(2,3)4/h7-10,12-13,18H,5-6,11H2,1-4H3,(H,19,20,21). The molecule has 4 nitrogen and oxygen atoms in total. The smallest absolute Gasteiger partial charge is 0.137 e. The SMILES string of the molecule is CC(NCCCc1ncn[nH]1)c1ccc(C(C)(C)C)cc1. The summed E-state index contributed by atoms with van der Waals surface area (Å²) in [6.45, 7) is 9.91. The van der Waals surface area contributed by atoms with Gasteiger partial charge in [-0.25, -0.2) is 4.98 Å². The van der Waals surface area contributed by atoms with Gasteiger partial charge in [-0.3, -0.25) is 5.10 Å². The van der Waals surface area contributed by atoms with Crippen LogP contribution in [0.3, 0.4) is 0 Å². The van der Waals surface area contributed by atoms with E-state index in [-0.39, 0.29) is 5.41 Å². The van der Waals surface area contributed by atoms with E-state index >= 15 is 0 Å². The first-order valence-electron chi connectivity index (χ1n) is 7.65. The van der Waals surface area contributed by atoms with Crippen molar-refractivity contribution in [2.45, 2.75) is 52.0 Å². The van der Waals surface area contributed by atoms with Crippen LogP contribution in [0, 0.1) is 0 Å². The van der Waals surface area contributed by atoms with Crippen LogP contribution in [0.5, 0.6) is 0 Å². The highest BCUT2D eigenvalue weighted by Crippen LogP contribution is 2.23. The Morgan fingerprint density at radius 1 is 1.19 bits per heavy atom. The van der Waals surface area contributed by atoms with Crippen molar-refractivity contribution in [1.82, 2.24) is 20.5 Å². The number of rotatable bonds is 6. The lowest BCUT2D eigenvalue weighted by Gasteiger charge is -2.20. The maximum atomic E-state index is 4.13. The van der Waals surface area contributed by atoms with Crippen LogP contribution in [0.4, 0.5) is 0 Å². The van der Waals surface area contributed by atoms with Gasteiger partial charge in [0.2, 0.25) is 0 Å². The number of hydrogen-bond donors (Lipinski definition) is 2. The van der Waals surface area contributed by atoms with Gasteiger partial charge in [0.05, 0.1) is 0 Å². The Morgan fingerprint density at radius 3 is 2.48 bits per heavy atom. The molecule has 2 N–H and O–H groups in total. The predicted octanol–water partition coefficient (Wildman–Crippen LogP) is 3.39. The molecule has 2 aromatic rings. The molecule has 0 radical (unpaired) electrons. The molecule has 0 aliphatic carbocycles. The van der Waals surface area contributed by atoms with Crippen molar-refractivity contribution < 1.29 is 0 Å². The molecule has 1 heterocycles. The fraction of sp³-hybridized carbons (Fsp3) is 0.529. The first kappa shape index (κ1) is 15.7. The molecule has 1 aromatic heterocycles. The van der Waals surface area contributed by atoms with Crippen LogP contribution in [0.1, 0.15) is 57.1 Å². The van der Waals surface area contributed by atoms with Crippen LogP contribution < -0.4 is 5.32 Å². The highest BCUT2D eigenvalue weighted by atomic mass is 15.2. The second kappa shape index (κ2) is 6.85. The maximum absolute atomic E-state index is 4.13. The lowest BCUT2D eigenvalue weighted by molar-refractivity contribution is 0.552. The largest absolute Gasteiger partial charge is 0.310 e. The van der Waals surface area contributed by atoms with Crippen LogP contribution in [0.15, 0.2) is 30.6 Å². The zero-order chi connectivity index (χ0) is 15.3. The predicted molar refractivity (Wildman–Crippen MR) is 86.3 cm³/mol. The Kier molecular flexibility index (Phi) is 5.12. The van der Waals surface area contributed by atoms with E-state index in [2.05, 4.69) is 72.5 Å². The van der Waals surface area contributed by atoms with E-state index in [0.29, 0.717) is 6.04 Å². The molecule has 0 aliphatic rings. The fourth-order valence-electron chi connectivity index (χ4n) is 2.32. The topological polar surface area (TPSA) is 53.6 Å². The summed E-state index contributed by atoms with van der Waals surface area (Å²) in [5, 5.41) is 10.3. The molecule has 21 heavy (non-hydrogen) atoms. The van der Waals surface area contributed by atoms with Gasteiger partial charge < -0.3 is 5.32 Å². The summed E-state index contributed by atoms with van der Waals surface area (Å²) in [6.07, 6.45) is 3.55. The summed E-state index contributed by atoms with van der Waals surface area (Å²) in [4.78, 5) is 4.13. The normalized spacial score (nSPS) is 13.3. The third kappa shape index (κ3) is 4.67. The third-order valence-electron chi connectivity index (χ3n) is 3.78. The van der Waals surface area contributed by atoms with Gasteiger partial charge in [-0.2, -0.15) is 5.10 Å². The molecule has 0 spiro atoms. The Hall–Kier alpha value is -1.68. The molecule has 1 atom stereocenters. The van der Waals surface area contributed by atoms with Gasteiger partial charge in [-0.05, 0) is 36.4 Å². The average Bonchev–Trinajstić information content (AvgIpc) is 2.96. The molecular weight excluding hydrogens is 260 g/mol. The summed E-state index contributed by atoms with van der Waals surface area (Å²) in [6, 6.07) is 9.31. The van der Waals surface area contributed by atoms with Crippen molar-refractivity contribution in [2.75, 3.05) is 6.54 Å². The number of aromatic nitrogens is 3. The van der Waals surface area contributed by atoms with E-state index in [4.69, 9.17) is 0 Å². The monoisotopic (exact) mass is 286 g/mol. The van der Waals surface area contributed by atoms with Crippen molar-refractivity contribution in [3.05, 3.63) is 47.5 Å². The van der Waals surface area contributed by atoms with E-state index in [1.807, 2.05) is 0 Å². The summed E-state index contributed by atoms with van der Waals surface area (Å²) in [7, 11) is 0. The Bertz CT molecular complexity index is 523. The third-order valence-corrected chi connectivity index (χ3v) is 3.78. The van der Waals surface area contributed by atoms with Crippen molar-refractivity contribution >= 4 is 0 Å². The molecule has 0 aliphatic heterocycles. The van der Waals surface area contributed by atoms with Gasteiger partial charge in [0.25, 0.3) is 0 Å². The van der Waals surface area contributed by atoms with Crippen LogP contribution in [0.2, 0.25) is 0 Å². The van der Waals surface area contributed by atoms with E-state index in [0.717, 1.165) is 25.2 Å². The molecule has 2 rings (SSSR count). The number of benzene rings is 1. The number of nitrogens with zero attached hydrogens (tertiary/aromatic N) is 2. The highest BCUT2D eigenvalue weighted by Gasteiger charge is 2.13. The number of H-pyrrole nitrogens is 1. The van der Waals surface area contributed by atoms with Gasteiger partial charge >= 0.3 is 0 Å². The number of aryl methyl sites for hydroxylation is 1. The fourth-order valence-corrected chi connectivity index (χ4v) is 2.32. The van der Waals surface area contributed by atoms with Gasteiger partial charge in [-0.15, -0.1) is 0 Å². The summed E-state index contributed by atoms with van der Waals surface area (Å²) >= 11 is 0. The quantitative estimate of drug-likeness (QED) is 0.800. The van der Waals surface area contributed by atoms with Crippen molar-refractivity contribution in [3.8, 4) is 0 Å². The Morgan fingerprint density at radius 2 is 1.90 bits per heavy atom. The maximum Gasteiger partial charge on any atom is 0.137 e. The first-order chi connectivity index (χ1) is 9.97. The molecule has 0 fully saturated rings. The second-order valence-electron chi connectivity index (χ2n) is 6.58.